The van der Waals surface area contributed by atoms with Crippen molar-refractivity contribution in [2.45, 2.75) is 32.4 Å². The lowest BCUT2D eigenvalue weighted by atomic mass is 10.5. The number of hydrogen-bond acceptors (Lipinski definition) is 6. The number of nitrogens with zero attached hydrogens (tertiary/aromatic N) is 3. The molecule has 0 aliphatic heterocycles. The first-order chi connectivity index (χ1) is 8.35. The standard InChI is InChI=1S/C11H20N4O2/c1-3-12-8-10-13-14-11(17-10)15(6-7-16-2)9-4-5-9/h9,12H,3-8H2,1-2H3. The summed E-state index contributed by atoms with van der Waals surface area (Å²) in [6, 6.07) is 1.18. The largest absolute Gasteiger partial charge is 0.407 e. The predicted octanol–water partition coefficient (Wildman–Crippen LogP) is 0.794. The summed E-state index contributed by atoms with van der Waals surface area (Å²) < 4.78 is 10.7. The Morgan fingerprint density at radius 1 is 1.47 bits per heavy atom. The fourth-order valence-electron chi connectivity index (χ4n) is 1.67. The van der Waals surface area contributed by atoms with Gasteiger partial charge in [-0.25, -0.2) is 0 Å². The van der Waals surface area contributed by atoms with E-state index in [1.165, 1.54) is 12.8 Å². The van der Waals surface area contributed by atoms with Gasteiger partial charge in [-0.05, 0) is 19.4 Å². The molecule has 2 rings (SSSR count). The molecule has 0 atom stereocenters. The van der Waals surface area contributed by atoms with Crippen LogP contribution in [0, 0.1) is 0 Å². The normalized spacial score (nSPS) is 15.2. The van der Waals surface area contributed by atoms with Gasteiger partial charge in [0.1, 0.15) is 0 Å². The maximum Gasteiger partial charge on any atom is 0.318 e. The van der Waals surface area contributed by atoms with Gasteiger partial charge in [-0.15, -0.1) is 5.10 Å². The Morgan fingerprint density at radius 3 is 2.94 bits per heavy atom. The van der Waals surface area contributed by atoms with E-state index in [2.05, 4.69) is 20.4 Å². The number of methoxy groups -OCH3 is 1. The molecule has 0 aromatic carbocycles. The second-order valence-electron chi connectivity index (χ2n) is 4.18. The number of nitrogens with one attached hydrogen (secondary N) is 1. The predicted molar refractivity (Wildman–Crippen MR) is 63.9 cm³/mol. The molecule has 1 aromatic rings. The fraction of sp³-hybridized carbons (Fsp3) is 0.818. The first kappa shape index (κ1) is 12.3. The molecule has 1 aliphatic carbocycles. The number of anilines is 1. The highest BCUT2D eigenvalue weighted by molar-refractivity contribution is 5.29. The van der Waals surface area contributed by atoms with Gasteiger partial charge in [0.25, 0.3) is 0 Å². The van der Waals surface area contributed by atoms with Crippen molar-refractivity contribution in [1.29, 1.82) is 0 Å². The minimum absolute atomic E-state index is 0.553. The molecule has 0 saturated heterocycles. The van der Waals surface area contributed by atoms with E-state index in [9.17, 15) is 0 Å². The number of rotatable bonds is 8. The van der Waals surface area contributed by atoms with Crippen LogP contribution in [-0.2, 0) is 11.3 Å². The Hall–Kier alpha value is -1.14. The van der Waals surface area contributed by atoms with Crippen LogP contribution in [0.25, 0.3) is 0 Å². The molecule has 96 valence electrons. The third-order valence-electron chi connectivity index (χ3n) is 2.75. The lowest BCUT2D eigenvalue weighted by molar-refractivity contribution is 0.203. The lowest BCUT2D eigenvalue weighted by Crippen LogP contribution is -2.29. The van der Waals surface area contributed by atoms with Gasteiger partial charge in [0, 0.05) is 19.7 Å². The second kappa shape index (κ2) is 5.97. The smallest absolute Gasteiger partial charge is 0.318 e. The van der Waals surface area contributed by atoms with Crippen molar-refractivity contribution in [3.8, 4) is 0 Å². The summed E-state index contributed by atoms with van der Waals surface area (Å²) in [6.07, 6.45) is 2.41. The lowest BCUT2D eigenvalue weighted by Gasteiger charge is -2.18. The van der Waals surface area contributed by atoms with Crippen LogP contribution in [0.4, 0.5) is 6.01 Å². The fourth-order valence-corrected chi connectivity index (χ4v) is 1.67. The highest BCUT2D eigenvalue weighted by Gasteiger charge is 2.32. The topological polar surface area (TPSA) is 63.4 Å². The Kier molecular flexibility index (Phi) is 4.33. The molecule has 1 fully saturated rings. The van der Waals surface area contributed by atoms with Gasteiger partial charge in [0.05, 0.1) is 13.2 Å². The molecule has 0 radical (unpaired) electrons. The molecule has 17 heavy (non-hydrogen) atoms. The maximum absolute atomic E-state index is 5.63. The van der Waals surface area contributed by atoms with E-state index >= 15 is 0 Å². The molecule has 6 nitrogen and oxygen atoms in total. The zero-order valence-electron chi connectivity index (χ0n) is 10.5. The van der Waals surface area contributed by atoms with E-state index in [-0.39, 0.29) is 0 Å². The second-order valence-corrected chi connectivity index (χ2v) is 4.18. The molecular formula is C11H20N4O2. The zero-order valence-corrected chi connectivity index (χ0v) is 10.5. The number of ether oxygens (including phenoxy) is 1. The van der Waals surface area contributed by atoms with Crippen LogP contribution >= 0.6 is 0 Å². The van der Waals surface area contributed by atoms with Crippen LogP contribution in [0.1, 0.15) is 25.7 Å². The first-order valence-electron chi connectivity index (χ1n) is 6.13. The third-order valence-corrected chi connectivity index (χ3v) is 2.75. The molecule has 0 bridgehead atoms. The quantitative estimate of drug-likeness (QED) is 0.725. The summed E-state index contributed by atoms with van der Waals surface area (Å²) in [5, 5.41) is 11.3. The van der Waals surface area contributed by atoms with Gasteiger partial charge in [0.15, 0.2) is 0 Å². The van der Waals surface area contributed by atoms with E-state index in [1.807, 2.05) is 6.92 Å². The summed E-state index contributed by atoms with van der Waals surface area (Å²) >= 11 is 0. The Bertz CT molecular complexity index is 338. The number of hydrogen-bond donors (Lipinski definition) is 1. The average molecular weight is 240 g/mol. The van der Waals surface area contributed by atoms with Crippen molar-refractivity contribution >= 4 is 6.01 Å². The van der Waals surface area contributed by atoms with Crippen molar-refractivity contribution in [3.63, 3.8) is 0 Å². The van der Waals surface area contributed by atoms with Gasteiger partial charge in [-0.1, -0.05) is 12.0 Å². The van der Waals surface area contributed by atoms with Crippen molar-refractivity contribution in [1.82, 2.24) is 15.5 Å². The molecule has 0 spiro atoms. The van der Waals surface area contributed by atoms with Crippen molar-refractivity contribution in [2.75, 3.05) is 31.7 Å². The molecule has 1 heterocycles. The molecular weight excluding hydrogens is 220 g/mol. The molecule has 6 heteroatoms. The van der Waals surface area contributed by atoms with Gasteiger partial charge >= 0.3 is 6.01 Å². The van der Waals surface area contributed by atoms with Crippen molar-refractivity contribution in [3.05, 3.63) is 5.89 Å². The van der Waals surface area contributed by atoms with E-state index in [4.69, 9.17) is 9.15 Å². The Labute approximate surface area is 101 Å². The highest BCUT2D eigenvalue weighted by atomic mass is 16.5. The highest BCUT2D eigenvalue weighted by Crippen LogP contribution is 2.30. The van der Waals surface area contributed by atoms with Crippen molar-refractivity contribution in [2.24, 2.45) is 0 Å². The van der Waals surface area contributed by atoms with Gasteiger partial charge in [0.2, 0.25) is 5.89 Å². The van der Waals surface area contributed by atoms with E-state index < -0.39 is 0 Å². The van der Waals surface area contributed by atoms with Gasteiger partial charge in [-0.3, -0.25) is 0 Å². The summed E-state index contributed by atoms with van der Waals surface area (Å²) in [5.74, 6) is 0.643. The molecule has 1 saturated carbocycles. The van der Waals surface area contributed by atoms with Crippen LogP contribution in [0.5, 0.6) is 0 Å². The molecule has 1 aromatic heterocycles. The van der Waals surface area contributed by atoms with E-state index in [1.54, 1.807) is 7.11 Å². The monoisotopic (exact) mass is 240 g/mol. The van der Waals surface area contributed by atoms with Crippen LogP contribution in [0.3, 0.4) is 0 Å². The van der Waals surface area contributed by atoms with E-state index in [0.29, 0.717) is 31.1 Å². The molecule has 0 amide bonds. The van der Waals surface area contributed by atoms with Crippen molar-refractivity contribution < 1.29 is 9.15 Å². The molecule has 1 N–H and O–H groups in total. The summed E-state index contributed by atoms with van der Waals surface area (Å²) in [6.45, 7) is 5.07. The van der Waals surface area contributed by atoms with Crippen LogP contribution in [-0.4, -0.2) is 43.0 Å². The average Bonchev–Trinajstić information content (AvgIpc) is 3.07. The Balaban J connectivity index is 1.94. The minimum atomic E-state index is 0.553. The van der Waals surface area contributed by atoms with Crippen LogP contribution in [0.2, 0.25) is 0 Å². The van der Waals surface area contributed by atoms with Gasteiger partial charge in [-0.2, -0.15) is 0 Å². The minimum Gasteiger partial charge on any atom is -0.407 e. The number of aromatic nitrogens is 2. The SMILES string of the molecule is CCNCc1nnc(N(CCOC)C2CC2)o1. The summed E-state index contributed by atoms with van der Waals surface area (Å²) in [7, 11) is 1.70. The third kappa shape index (κ3) is 3.41. The summed E-state index contributed by atoms with van der Waals surface area (Å²) in [4.78, 5) is 2.14. The van der Waals surface area contributed by atoms with Crippen LogP contribution in [0.15, 0.2) is 4.42 Å². The zero-order chi connectivity index (χ0) is 12.1. The van der Waals surface area contributed by atoms with Crippen LogP contribution < -0.4 is 10.2 Å². The van der Waals surface area contributed by atoms with E-state index in [0.717, 1.165) is 13.1 Å². The Morgan fingerprint density at radius 2 is 2.29 bits per heavy atom. The van der Waals surface area contributed by atoms with Gasteiger partial charge < -0.3 is 19.4 Å². The molecule has 1 aliphatic rings. The first-order valence-corrected chi connectivity index (χ1v) is 6.13. The molecule has 0 unspecified atom stereocenters. The maximum atomic E-state index is 5.63. The summed E-state index contributed by atoms with van der Waals surface area (Å²) in [5.41, 5.74) is 0.